The molecular weight excluding hydrogens is 315 g/mol. The van der Waals surface area contributed by atoms with Crippen LogP contribution in [0, 0.1) is 5.82 Å². The van der Waals surface area contributed by atoms with Gasteiger partial charge >= 0.3 is 0 Å². The van der Waals surface area contributed by atoms with Crippen LogP contribution in [0.1, 0.15) is 30.0 Å². The number of carbonyl (C=O) groups excluding carboxylic acids is 1. The van der Waals surface area contributed by atoms with Crippen molar-refractivity contribution in [1.29, 1.82) is 0 Å². The molecule has 0 atom stereocenters. The second kappa shape index (κ2) is 6.71. The standard InChI is InChI=1S/C21H21FN2O/c22-18-7-3-1-5-16(18)14-21(25)24-11-9-15(10-12-24)20-13-17-6-2-4-8-19(17)23-20/h1-8,13,15,23H,9-12,14H2. The number of piperidine rings is 1. The Labute approximate surface area is 146 Å². The van der Waals surface area contributed by atoms with Crippen LogP contribution in [0.25, 0.3) is 10.9 Å². The first-order chi connectivity index (χ1) is 12.2. The van der Waals surface area contributed by atoms with Gasteiger partial charge in [0.2, 0.25) is 5.91 Å². The number of nitrogens with zero attached hydrogens (tertiary/aromatic N) is 1. The molecule has 1 aliphatic rings. The molecule has 128 valence electrons. The highest BCUT2D eigenvalue weighted by atomic mass is 19.1. The minimum Gasteiger partial charge on any atom is -0.358 e. The maximum atomic E-state index is 13.7. The van der Waals surface area contributed by atoms with E-state index >= 15 is 0 Å². The zero-order chi connectivity index (χ0) is 17.2. The number of carbonyl (C=O) groups is 1. The molecule has 1 fully saturated rings. The predicted octanol–water partition coefficient (Wildman–Crippen LogP) is 4.26. The fraction of sp³-hybridized carbons (Fsp3) is 0.286. The van der Waals surface area contributed by atoms with Gasteiger partial charge in [-0.25, -0.2) is 4.39 Å². The minimum atomic E-state index is -0.302. The number of hydrogen-bond acceptors (Lipinski definition) is 1. The number of aromatic nitrogens is 1. The number of nitrogens with one attached hydrogen (secondary N) is 1. The smallest absolute Gasteiger partial charge is 0.227 e. The maximum Gasteiger partial charge on any atom is 0.227 e. The molecule has 1 aromatic heterocycles. The van der Waals surface area contributed by atoms with E-state index in [1.54, 1.807) is 18.2 Å². The van der Waals surface area contributed by atoms with Gasteiger partial charge in [-0.15, -0.1) is 0 Å². The van der Waals surface area contributed by atoms with Gasteiger partial charge < -0.3 is 9.88 Å². The largest absolute Gasteiger partial charge is 0.358 e. The van der Waals surface area contributed by atoms with Crippen molar-refractivity contribution in [2.75, 3.05) is 13.1 Å². The van der Waals surface area contributed by atoms with Crippen molar-refractivity contribution in [3.63, 3.8) is 0 Å². The van der Waals surface area contributed by atoms with Crippen LogP contribution in [-0.4, -0.2) is 28.9 Å². The normalized spacial score (nSPS) is 15.6. The van der Waals surface area contributed by atoms with Crippen LogP contribution in [0.15, 0.2) is 54.6 Å². The van der Waals surface area contributed by atoms with Crippen LogP contribution in [0.4, 0.5) is 4.39 Å². The third-order valence-electron chi connectivity index (χ3n) is 5.14. The molecule has 0 saturated carbocycles. The summed E-state index contributed by atoms with van der Waals surface area (Å²) in [7, 11) is 0. The Kier molecular flexibility index (Phi) is 4.26. The van der Waals surface area contributed by atoms with Crippen LogP contribution < -0.4 is 0 Å². The average Bonchev–Trinajstić information content (AvgIpc) is 3.08. The number of H-pyrrole nitrogens is 1. The predicted molar refractivity (Wildman–Crippen MR) is 97.0 cm³/mol. The summed E-state index contributed by atoms with van der Waals surface area (Å²) in [5, 5.41) is 1.23. The Morgan fingerprint density at radius 1 is 1.08 bits per heavy atom. The molecule has 3 nitrogen and oxygen atoms in total. The van der Waals surface area contributed by atoms with Gasteiger partial charge in [0.1, 0.15) is 5.82 Å². The van der Waals surface area contributed by atoms with E-state index in [4.69, 9.17) is 0 Å². The quantitative estimate of drug-likeness (QED) is 0.762. The summed E-state index contributed by atoms with van der Waals surface area (Å²) < 4.78 is 13.7. The molecule has 1 aliphatic heterocycles. The summed E-state index contributed by atoms with van der Waals surface area (Å²) in [4.78, 5) is 17.8. The van der Waals surface area contributed by atoms with E-state index in [9.17, 15) is 9.18 Å². The van der Waals surface area contributed by atoms with Crippen molar-refractivity contribution in [2.45, 2.75) is 25.2 Å². The Bertz CT molecular complexity index is 861. The molecule has 2 aromatic carbocycles. The highest BCUT2D eigenvalue weighted by Crippen LogP contribution is 2.30. The molecular formula is C21H21FN2O. The molecule has 25 heavy (non-hydrogen) atoms. The average molecular weight is 336 g/mol. The fourth-order valence-corrected chi connectivity index (χ4v) is 3.67. The minimum absolute atomic E-state index is 0.0141. The summed E-state index contributed by atoms with van der Waals surface area (Å²) in [6, 6.07) is 17.0. The van der Waals surface area contributed by atoms with Crippen LogP contribution >= 0.6 is 0 Å². The molecule has 2 heterocycles. The van der Waals surface area contributed by atoms with E-state index in [0.29, 0.717) is 11.5 Å². The van der Waals surface area contributed by atoms with Crippen molar-refractivity contribution in [2.24, 2.45) is 0 Å². The Morgan fingerprint density at radius 3 is 2.56 bits per heavy atom. The van der Waals surface area contributed by atoms with Gasteiger partial charge in [-0.1, -0.05) is 36.4 Å². The van der Waals surface area contributed by atoms with Gasteiger partial charge in [-0.3, -0.25) is 4.79 Å². The Hall–Kier alpha value is -2.62. The summed E-state index contributed by atoms with van der Waals surface area (Å²) in [5.74, 6) is 0.161. The van der Waals surface area contributed by atoms with Crippen molar-refractivity contribution in [3.05, 3.63) is 71.7 Å². The van der Waals surface area contributed by atoms with E-state index < -0.39 is 0 Å². The molecule has 0 aliphatic carbocycles. The molecule has 1 saturated heterocycles. The molecule has 1 amide bonds. The molecule has 3 aromatic rings. The summed E-state index contributed by atoms with van der Waals surface area (Å²) in [5.41, 5.74) is 2.89. The van der Waals surface area contributed by atoms with Crippen LogP contribution in [-0.2, 0) is 11.2 Å². The zero-order valence-electron chi connectivity index (χ0n) is 14.0. The van der Waals surface area contributed by atoms with Crippen LogP contribution in [0.5, 0.6) is 0 Å². The molecule has 4 rings (SSSR count). The highest BCUT2D eigenvalue weighted by molar-refractivity contribution is 5.80. The van der Waals surface area contributed by atoms with Gasteiger partial charge in [0.15, 0.2) is 0 Å². The lowest BCUT2D eigenvalue weighted by atomic mass is 9.93. The van der Waals surface area contributed by atoms with E-state index in [2.05, 4.69) is 23.2 Å². The molecule has 0 spiro atoms. The first-order valence-corrected chi connectivity index (χ1v) is 8.79. The lowest BCUT2D eigenvalue weighted by molar-refractivity contribution is -0.131. The Balaban J connectivity index is 1.39. The number of halogens is 1. The Morgan fingerprint density at radius 2 is 1.80 bits per heavy atom. The van der Waals surface area contributed by atoms with Gasteiger partial charge in [-0.05, 0) is 42.0 Å². The van der Waals surface area contributed by atoms with Gasteiger partial charge in [0.05, 0.1) is 6.42 Å². The number of para-hydroxylation sites is 1. The summed E-state index contributed by atoms with van der Waals surface area (Å²) in [6.07, 6.45) is 2.02. The number of aromatic amines is 1. The van der Waals surface area contributed by atoms with Gasteiger partial charge in [0.25, 0.3) is 0 Å². The number of rotatable bonds is 3. The number of likely N-dealkylation sites (tertiary alicyclic amines) is 1. The van der Waals surface area contributed by atoms with Gasteiger partial charge in [0, 0.05) is 30.2 Å². The fourth-order valence-electron chi connectivity index (χ4n) is 3.67. The lowest BCUT2D eigenvalue weighted by Crippen LogP contribution is -2.39. The molecule has 1 N–H and O–H groups in total. The molecule has 4 heteroatoms. The molecule has 0 radical (unpaired) electrons. The molecule has 0 bridgehead atoms. The third-order valence-corrected chi connectivity index (χ3v) is 5.14. The van der Waals surface area contributed by atoms with Crippen molar-refractivity contribution in [1.82, 2.24) is 9.88 Å². The lowest BCUT2D eigenvalue weighted by Gasteiger charge is -2.31. The third kappa shape index (κ3) is 3.29. The van der Waals surface area contributed by atoms with Crippen molar-refractivity contribution < 1.29 is 9.18 Å². The number of fused-ring (bicyclic) bond motifs is 1. The number of benzene rings is 2. The SMILES string of the molecule is O=C(Cc1ccccc1F)N1CCC(c2cc3ccccc3[nH]2)CC1. The first-order valence-electron chi connectivity index (χ1n) is 8.79. The number of amides is 1. The van der Waals surface area contributed by atoms with E-state index in [0.717, 1.165) is 31.4 Å². The zero-order valence-corrected chi connectivity index (χ0v) is 14.0. The van der Waals surface area contributed by atoms with Crippen LogP contribution in [0.3, 0.4) is 0 Å². The monoisotopic (exact) mass is 336 g/mol. The maximum absolute atomic E-state index is 13.7. The van der Waals surface area contributed by atoms with E-state index in [1.165, 1.54) is 17.1 Å². The van der Waals surface area contributed by atoms with E-state index in [-0.39, 0.29) is 18.1 Å². The summed E-state index contributed by atoms with van der Waals surface area (Å²) >= 11 is 0. The topological polar surface area (TPSA) is 36.1 Å². The second-order valence-electron chi connectivity index (χ2n) is 6.74. The summed E-state index contributed by atoms with van der Waals surface area (Å²) in [6.45, 7) is 1.46. The van der Waals surface area contributed by atoms with Crippen molar-refractivity contribution in [3.8, 4) is 0 Å². The van der Waals surface area contributed by atoms with Crippen LogP contribution in [0.2, 0.25) is 0 Å². The molecule has 0 unspecified atom stereocenters. The highest BCUT2D eigenvalue weighted by Gasteiger charge is 2.25. The second-order valence-corrected chi connectivity index (χ2v) is 6.74. The van der Waals surface area contributed by atoms with Crippen molar-refractivity contribution >= 4 is 16.8 Å². The first kappa shape index (κ1) is 15.9. The van der Waals surface area contributed by atoms with E-state index in [1.807, 2.05) is 17.0 Å². The van der Waals surface area contributed by atoms with Gasteiger partial charge in [-0.2, -0.15) is 0 Å². The number of hydrogen-bond donors (Lipinski definition) is 1.